The molecule has 0 unspecified atom stereocenters. The van der Waals surface area contributed by atoms with E-state index in [-0.39, 0.29) is 11.8 Å². The van der Waals surface area contributed by atoms with Crippen LogP contribution in [0.4, 0.5) is 0 Å². The van der Waals surface area contributed by atoms with E-state index in [2.05, 4.69) is 42.5 Å². The lowest BCUT2D eigenvalue weighted by molar-refractivity contribution is -0.118. The first-order valence-electron chi connectivity index (χ1n) is 7.71. The minimum atomic E-state index is -0.193. The molecular weight excluding hydrogens is 280 g/mol. The first kappa shape index (κ1) is 20.3. The largest absolute Gasteiger partial charge is 0.351 e. The van der Waals surface area contributed by atoms with Crippen molar-refractivity contribution < 1.29 is 9.59 Å². The minimum Gasteiger partial charge on any atom is -0.351 e. The van der Waals surface area contributed by atoms with Gasteiger partial charge in [-0.1, -0.05) is 27.0 Å². The van der Waals surface area contributed by atoms with Crippen LogP contribution in [-0.4, -0.2) is 74.5 Å². The van der Waals surface area contributed by atoms with Crippen LogP contribution in [0.3, 0.4) is 0 Å². The standard InChI is InChI=1S/C16H30N4O2/c1-6-15(21)17-9-11-19(5)13-14(4)16(22)18-10-12-20(7-2)8-3/h6H,1,4,7-13H2,2-3,5H3,(H,17,21)(H,18,22). The molecule has 0 atom stereocenters. The fourth-order valence-corrected chi connectivity index (χ4v) is 1.91. The molecule has 0 rings (SSSR count). The van der Waals surface area contributed by atoms with Crippen molar-refractivity contribution in [2.75, 3.05) is 52.9 Å². The molecule has 2 N–H and O–H groups in total. The highest BCUT2D eigenvalue weighted by atomic mass is 16.2. The molecule has 6 nitrogen and oxygen atoms in total. The maximum absolute atomic E-state index is 11.9. The van der Waals surface area contributed by atoms with Crippen LogP contribution < -0.4 is 10.6 Å². The van der Waals surface area contributed by atoms with Crippen molar-refractivity contribution in [2.24, 2.45) is 0 Å². The minimum absolute atomic E-state index is 0.117. The highest BCUT2D eigenvalue weighted by Crippen LogP contribution is 1.95. The summed E-state index contributed by atoms with van der Waals surface area (Å²) in [5.41, 5.74) is 0.525. The lowest BCUT2D eigenvalue weighted by atomic mass is 10.2. The van der Waals surface area contributed by atoms with Crippen molar-refractivity contribution in [1.82, 2.24) is 20.4 Å². The number of carbonyl (C=O) groups excluding carboxylic acids is 2. The summed E-state index contributed by atoms with van der Waals surface area (Å²) in [5.74, 6) is -0.310. The van der Waals surface area contributed by atoms with Gasteiger partial charge in [0.25, 0.3) is 0 Å². The molecule has 6 heteroatoms. The van der Waals surface area contributed by atoms with Gasteiger partial charge in [-0.15, -0.1) is 0 Å². The van der Waals surface area contributed by atoms with Gasteiger partial charge in [0, 0.05) is 38.3 Å². The van der Waals surface area contributed by atoms with Crippen molar-refractivity contribution >= 4 is 11.8 Å². The van der Waals surface area contributed by atoms with Crippen LogP contribution in [0.15, 0.2) is 24.8 Å². The van der Waals surface area contributed by atoms with Crippen molar-refractivity contribution in [2.45, 2.75) is 13.8 Å². The molecule has 0 aromatic heterocycles. The van der Waals surface area contributed by atoms with E-state index in [4.69, 9.17) is 0 Å². The molecule has 0 aliphatic carbocycles. The molecule has 0 aromatic rings. The van der Waals surface area contributed by atoms with Gasteiger partial charge in [0.15, 0.2) is 0 Å². The second-order valence-electron chi connectivity index (χ2n) is 5.12. The van der Waals surface area contributed by atoms with Gasteiger partial charge in [0.1, 0.15) is 0 Å². The highest BCUT2D eigenvalue weighted by molar-refractivity contribution is 5.93. The number of rotatable bonds is 12. The van der Waals surface area contributed by atoms with Crippen LogP contribution in [0, 0.1) is 0 Å². The van der Waals surface area contributed by atoms with Crippen molar-refractivity contribution in [3.63, 3.8) is 0 Å². The number of hydrogen-bond donors (Lipinski definition) is 2. The lowest BCUT2D eigenvalue weighted by Gasteiger charge is -2.20. The predicted molar refractivity (Wildman–Crippen MR) is 90.6 cm³/mol. The molecule has 0 spiro atoms. The normalized spacial score (nSPS) is 10.6. The predicted octanol–water partition coefficient (Wildman–Crippen LogP) is 0.235. The molecule has 0 bridgehead atoms. The smallest absolute Gasteiger partial charge is 0.247 e. The summed E-state index contributed by atoms with van der Waals surface area (Å²) in [7, 11) is 1.88. The second kappa shape index (κ2) is 11.9. The Morgan fingerprint density at radius 1 is 1.09 bits per heavy atom. The van der Waals surface area contributed by atoms with Crippen LogP contribution in [-0.2, 0) is 9.59 Å². The van der Waals surface area contributed by atoms with E-state index in [1.54, 1.807) is 0 Å². The molecule has 126 valence electrons. The molecule has 0 saturated carbocycles. The number of amides is 2. The fourth-order valence-electron chi connectivity index (χ4n) is 1.91. The Hall–Kier alpha value is -1.66. The maximum atomic E-state index is 11.9. The first-order valence-corrected chi connectivity index (χ1v) is 7.71. The van der Waals surface area contributed by atoms with Gasteiger partial charge in [-0.3, -0.25) is 9.59 Å². The highest BCUT2D eigenvalue weighted by Gasteiger charge is 2.10. The van der Waals surface area contributed by atoms with Crippen LogP contribution in [0.1, 0.15) is 13.8 Å². The Labute approximate surface area is 134 Å². The second-order valence-corrected chi connectivity index (χ2v) is 5.12. The van der Waals surface area contributed by atoms with Gasteiger partial charge in [-0.25, -0.2) is 0 Å². The summed E-state index contributed by atoms with van der Waals surface area (Å²) >= 11 is 0. The van der Waals surface area contributed by atoms with Crippen molar-refractivity contribution in [3.8, 4) is 0 Å². The summed E-state index contributed by atoms with van der Waals surface area (Å²) in [6.45, 7) is 16.5. The van der Waals surface area contributed by atoms with Gasteiger partial charge in [-0.05, 0) is 26.2 Å². The molecule has 0 aliphatic rings. The van der Waals surface area contributed by atoms with Crippen LogP contribution in [0.25, 0.3) is 0 Å². The zero-order valence-electron chi connectivity index (χ0n) is 14.2. The Balaban J connectivity index is 3.91. The van der Waals surface area contributed by atoms with E-state index < -0.39 is 0 Å². The Morgan fingerprint density at radius 3 is 2.23 bits per heavy atom. The monoisotopic (exact) mass is 310 g/mol. The molecule has 0 aromatic carbocycles. The number of carbonyl (C=O) groups is 2. The molecule has 22 heavy (non-hydrogen) atoms. The molecule has 0 fully saturated rings. The van der Waals surface area contributed by atoms with Crippen molar-refractivity contribution in [1.29, 1.82) is 0 Å². The summed E-state index contributed by atoms with van der Waals surface area (Å²) in [4.78, 5) is 27.1. The summed E-state index contributed by atoms with van der Waals surface area (Å²) in [5, 5.41) is 5.57. The zero-order valence-corrected chi connectivity index (χ0v) is 14.2. The van der Waals surface area contributed by atoms with Crippen LogP contribution >= 0.6 is 0 Å². The van der Waals surface area contributed by atoms with E-state index in [9.17, 15) is 9.59 Å². The topological polar surface area (TPSA) is 64.7 Å². The Kier molecular flexibility index (Phi) is 11.0. The van der Waals surface area contributed by atoms with Gasteiger partial charge in [0.05, 0.1) is 0 Å². The SMILES string of the molecule is C=CC(=O)NCCN(C)CC(=C)C(=O)NCCN(CC)CC. The van der Waals surface area contributed by atoms with E-state index in [0.717, 1.165) is 19.6 Å². The average molecular weight is 310 g/mol. The van der Waals surface area contributed by atoms with Gasteiger partial charge in [0.2, 0.25) is 11.8 Å². The zero-order chi connectivity index (χ0) is 17.0. The van der Waals surface area contributed by atoms with E-state index >= 15 is 0 Å². The van der Waals surface area contributed by atoms with Gasteiger partial charge >= 0.3 is 0 Å². The Bertz CT molecular complexity index is 378. The molecule has 0 saturated heterocycles. The number of likely N-dealkylation sites (N-methyl/N-ethyl adjacent to an activating group) is 2. The average Bonchev–Trinajstić information content (AvgIpc) is 2.50. The molecule has 2 amide bonds. The number of hydrogen-bond acceptors (Lipinski definition) is 4. The lowest BCUT2D eigenvalue weighted by Crippen LogP contribution is -2.38. The number of nitrogens with zero attached hydrogens (tertiary/aromatic N) is 2. The van der Waals surface area contributed by atoms with E-state index in [1.165, 1.54) is 6.08 Å². The number of nitrogens with one attached hydrogen (secondary N) is 2. The molecule has 0 aliphatic heterocycles. The Morgan fingerprint density at radius 2 is 1.68 bits per heavy atom. The van der Waals surface area contributed by atoms with Crippen LogP contribution in [0.2, 0.25) is 0 Å². The third-order valence-corrected chi connectivity index (χ3v) is 3.37. The van der Waals surface area contributed by atoms with E-state index in [0.29, 0.717) is 31.8 Å². The molecule has 0 heterocycles. The quantitative estimate of drug-likeness (QED) is 0.507. The first-order chi connectivity index (χ1) is 10.4. The summed E-state index contributed by atoms with van der Waals surface area (Å²) in [6, 6.07) is 0. The summed E-state index contributed by atoms with van der Waals surface area (Å²) in [6.07, 6.45) is 1.24. The van der Waals surface area contributed by atoms with Gasteiger partial charge in [-0.2, -0.15) is 0 Å². The third kappa shape index (κ3) is 9.31. The molecular formula is C16H30N4O2. The maximum Gasteiger partial charge on any atom is 0.247 e. The van der Waals surface area contributed by atoms with Gasteiger partial charge < -0.3 is 20.4 Å². The van der Waals surface area contributed by atoms with E-state index in [1.807, 2.05) is 11.9 Å². The summed E-state index contributed by atoms with van der Waals surface area (Å²) < 4.78 is 0. The van der Waals surface area contributed by atoms with Crippen molar-refractivity contribution in [3.05, 3.63) is 24.8 Å². The third-order valence-electron chi connectivity index (χ3n) is 3.37. The fraction of sp³-hybridized carbons (Fsp3) is 0.625. The van der Waals surface area contributed by atoms with Crippen LogP contribution in [0.5, 0.6) is 0 Å². The molecule has 0 radical (unpaired) electrons.